The number of carbonyl (C=O) groups is 1. The molecule has 3 rings (SSSR count). The van der Waals surface area contributed by atoms with Gasteiger partial charge in [-0.2, -0.15) is 4.59 Å². The molecular weight excluding hydrogens is 393 g/mol. The number of nitrogens with two attached hydrogens (primary N) is 1. The molecule has 0 bridgehead atoms. The number of carbonyl (C=O) groups excluding carboxylic acids is 1. The van der Waals surface area contributed by atoms with E-state index in [2.05, 4.69) is 6.92 Å². The van der Waals surface area contributed by atoms with E-state index in [-0.39, 0.29) is 29.0 Å². The first-order chi connectivity index (χ1) is 13.3. The van der Waals surface area contributed by atoms with Gasteiger partial charge in [-0.25, -0.2) is 0 Å². The third-order valence-corrected chi connectivity index (χ3v) is 5.79. The summed E-state index contributed by atoms with van der Waals surface area (Å²) in [5, 5.41) is 6.18. The van der Waals surface area contributed by atoms with Gasteiger partial charge in [0.2, 0.25) is 0 Å². The fourth-order valence-electron chi connectivity index (χ4n) is 3.77. The summed E-state index contributed by atoms with van der Waals surface area (Å²) in [5.41, 5.74) is 8.77. The van der Waals surface area contributed by atoms with E-state index in [0.29, 0.717) is 10.0 Å². The van der Waals surface area contributed by atoms with Gasteiger partial charge in [0.1, 0.15) is 12.2 Å². The van der Waals surface area contributed by atoms with Crippen LogP contribution in [0.4, 0.5) is 0 Å². The predicted octanol–water partition coefficient (Wildman–Crippen LogP) is 4.91. The molecule has 2 aromatic rings. The van der Waals surface area contributed by atoms with Gasteiger partial charge in [0.15, 0.2) is 6.54 Å². The van der Waals surface area contributed by atoms with Crippen molar-refractivity contribution in [1.82, 2.24) is 0 Å². The standard InChI is InChI=1S/C22H23Cl2N3O/c1-15-11-12-27(26-15,14-22(25)28)16(2)21(18-5-9-20(24)10-6-18)13-17-3-7-19(23)8-4-17/h3-12,16,21H,13-14H2,1-2H3,(H-,25,28)/p+1. The largest absolute Gasteiger partial charge is 0.365 e. The van der Waals surface area contributed by atoms with Gasteiger partial charge in [0, 0.05) is 22.0 Å². The molecule has 2 N–H and O–H groups in total. The van der Waals surface area contributed by atoms with Crippen LogP contribution >= 0.6 is 23.2 Å². The molecule has 0 spiro atoms. The Hall–Kier alpha value is -2.14. The van der Waals surface area contributed by atoms with Gasteiger partial charge < -0.3 is 5.73 Å². The minimum Gasteiger partial charge on any atom is -0.365 e. The molecule has 0 aromatic heterocycles. The van der Waals surface area contributed by atoms with Gasteiger partial charge in [-0.05, 0) is 55.7 Å². The monoisotopic (exact) mass is 416 g/mol. The first-order valence-electron chi connectivity index (χ1n) is 9.21. The zero-order valence-corrected chi connectivity index (χ0v) is 17.5. The first-order valence-corrected chi connectivity index (χ1v) is 9.96. The molecule has 3 unspecified atom stereocenters. The lowest BCUT2D eigenvalue weighted by Gasteiger charge is -2.36. The number of amides is 1. The van der Waals surface area contributed by atoms with Crippen LogP contribution in [-0.4, -0.2) is 28.8 Å². The van der Waals surface area contributed by atoms with Crippen molar-refractivity contribution < 1.29 is 9.39 Å². The lowest BCUT2D eigenvalue weighted by molar-refractivity contribution is -0.901. The van der Waals surface area contributed by atoms with Crippen molar-refractivity contribution in [1.29, 1.82) is 0 Å². The first kappa shape index (κ1) is 20.6. The highest BCUT2D eigenvalue weighted by Gasteiger charge is 2.42. The average Bonchev–Trinajstić information content (AvgIpc) is 3.02. The molecule has 0 saturated carbocycles. The fourth-order valence-corrected chi connectivity index (χ4v) is 4.02. The highest BCUT2D eigenvalue weighted by atomic mass is 35.5. The Morgan fingerprint density at radius 2 is 1.64 bits per heavy atom. The van der Waals surface area contributed by atoms with E-state index in [9.17, 15) is 4.79 Å². The molecule has 1 aliphatic heterocycles. The predicted molar refractivity (Wildman–Crippen MR) is 115 cm³/mol. The summed E-state index contributed by atoms with van der Waals surface area (Å²) in [6.45, 7) is 4.17. The van der Waals surface area contributed by atoms with Crippen LogP contribution < -0.4 is 5.73 Å². The quantitative estimate of drug-likeness (QED) is 0.640. The van der Waals surface area contributed by atoms with Gasteiger partial charge in [0.25, 0.3) is 5.91 Å². The van der Waals surface area contributed by atoms with E-state index in [1.165, 1.54) is 0 Å². The van der Waals surface area contributed by atoms with E-state index in [1.807, 2.05) is 67.7 Å². The molecule has 0 radical (unpaired) electrons. The minimum atomic E-state index is -0.378. The molecule has 4 nitrogen and oxygen atoms in total. The second kappa shape index (κ2) is 8.48. The van der Waals surface area contributed by atoms with Crippen LogP contribution in [0.25, 0.3) is 0 Å². The summed E-state index contributed by atoms with van der Waals surface area (Å²) in [7, 11) is 0. The Labute approximate surface area is 175 Å². The molecule has 146 valence electrons. The topological polar surface area (TPSA) is 55.4 Å². The van der Waals surface area contributed by atoms with Gasteiger partial charge in [-0.15, -0.1) is 0 Å². The van der Waals surface area contributed by atoms with Crippen LogP contribution in [-0.2, 0) is 11.2 Å². The Kier molecular flexibility index (Phi) is 6.23. The summed E-state index contributed by atoms with van der Waals surface area (Å²) in [6.07, 6.45) is 4.69. The zero-order valence-electron chi connectivity index (χ0n) is 16.0. The summed E-state index contributed by atoms with van der Waals surface area (Å²) in [5.74, 6) is -0.284. The Balaban J connectivity index is 2.01. The number of hydrogen-bond donors (Lipinski definition) is 1. The van der Waals surface area contributed by atoms with Crippen molar-refractivity contribution >= 4 is 34.8 Å². The maximum Gasteiger partial charge on any atom is 0.275 e. The number of nitrogens with zero attached hydrogens (tertiary/aromatic N) is 2. The summed E-state index contributed by atoms with van der Waals surface area (Å²) < 4.78 is 0.169. The van der Waals surface area contributed by atoms with E-state index in [0.717, 1.165) is 23.3 Å². The summed E-state index contributed by atoms with van der Waals surface area (Å²) in [4.78, 5) is 11.8. The number of allylic oxidation sites excluding steroid dienone is 1. The molecule has 1 heterocycles. The normalized spacial score (nSPS) is 20.6. The van der Waals surface area contributed by atoms with Crippen molar-refractivity contribution in [2.75, 3.05) is 6.54 Å². The maximum atomic E-state index is 11.8. The van der Waals surface area contributed by atoms with E-state index < -0.39 is 0 Å². The van der Waals surface area contributed by atoms with Crippen LogP contribution in [0.15, 0.2) is 65.9 Å². The third kappa shape index (κ3) is 4.64. The van der Waals surface area contributed by atoms with Crippen molar-refractivity contribution in [3.63, 3.8) is 0 Å². The number of primary amides is 1. The van der Waals surface area contributed by atoms with E-state index in [4.69, 9.17) is 34.0 Å². The van der Waals surface area contributed by atoms with Gasteiger partial charge in [-0.1, -0.05) is 52.6 Å². The van der Waals surface area contributed by atoms with Crippen molar-refractivity contribution in [2.45, 2.75) is 32.2 Å². The maximum absolute atomic E-state index is 11.8. The van der Waals surface area contributed by atoms with Crippen molar-refractivity contribution in [3.8, 4) is 0 Å². The number of quaternary nitrogens is 1. The molecule has 28 heavy (non-hydrogen) atoms. The zero-order chi connectivity index (χ0) is 20.3. The highest BCUT2D eigenvalue weighted by molar-refractivity contribution is 6.30. The molecule has 0 fully saturated rings. The molecule has 1 aliphatic rings. The molecule has 0 aliphatic carbocycles. The van der Waals surface area contributed by atoms with Crippen LogP contribution in [0.1, 0.15) is 30.9 Å². The van der Waals surface area contributed by atoms with Crippen molar-refractivity contribution in [2.24, 2.45) is 10.8 Å². The lowest BCUT2D eigenvalue weighted by Crippen LogP contribution is -2.52. The van der Waals surface area contributed by atoms with Gasteiger partial charge in [-0.3, -0.25) is 4.79 Å². The molecule has 3 atom stereocenters. The van der Waals surface area contributed by atoms with E-state index >= 15 is 0 Å². The fraction of sp³-hybridized carbons (Fsp3) is 0.273. The molecule has 0 saturated heterocycles. The molecule has 1 amide bonds. The summed E-state index contributed by atoms with van der Waals surface area (Å²) >= 11 is 12.2. The number of halogens is 2. The lowest BCUT2D eigenvalue weighted by atomic mass is 9.85. The third-order valence-electron chi connectivity index (χ3n) is 5.28. The highest BCUT2D eigenvalue weighted by Crippen LogP contribution is 2.35. The van der Waals surface area contributed by atoms with Crippen LogP contribution in [0.5, 0.6) is 0 Å². The minimum absolute atomic E-state index is 0.0157. The number of rotatable bonds is 7. The van der Waals surface area contributed by atoms with Crippen molar-refractivity contribution in [3.05, 3.63) is 82.0 Å². The molecular formula is C22H24Cl2N3O+. The van der Waals surface area contributed by atoms with Crippen LogP contribution in [0, 0.1) is 0 Å². The Morgan fingerprint density at radius 1 is 1.07 bits per heavy atom. The smallest absolute Gasteiger partial charge is 0.275 e. The summed E-state index contributed by atoms with van der Waals surface area (Å²) in [6, 6.07) is 15.7. The Morgan fingerprint density at radius 3 is 2.14 bits per heavy atom. The average molecular weight is 417 g/mol. The SMILES string of the molecule is CC1=N[N+](CC(N)=O)(C(C)C(Cc2ccc(Cl)cc2)c2ccc(Cl)cc2)C=C1. The van der Waals surface area contributed by atoms with Crippen LogP contribution in [0.2, 0.25) is 10.0 Å². The molecule has 6 heteroatoms. The Bertz CT molecular complexity index is 906. The van der Waals surface area contributed by atoms with E-state index in [1.54, 1.807) is 0 Å². The number of hydrogen-bond acceptors (Lipinski definition) is 2. The molecule has 2 aromatic carbocycles. The van der Waals surface area contributed by atoms with Crippen LogP contribution in [0.3, 0.4) is 0 Å². The van der Waals surface area contributed by atoms with Gasteiger partial charge >= 0.3 is 0 Å². The second-order valence-electron chi connectivity index (χ2n) is 7.30. The second-order valence-corrected chi connectivity index (χ2v) is 8.17. The number of benzene rings is 2. The van der Waals surface area contributed by atoms with Gasteiger partial charge in [0.05, 0.1) is 5.71 Å².